The van der Waals surface area contributed by atoms with Crippen LogP contribution in [-0.4, -0.2) is 59.8 Å². The lowest BCUT2D eigenvalue weighted by Crippen LogP contribution is -2.33. The Balaban J connectivity index is 2.08. The second-order valence-corrected chi connectivity index (χ2v) is 4.96. The lowest BCUT2D eigenvalue weighted by atomic mass is 10.1. The Morgan fingerprint density at radius 3 is 2.77 bits per heavy atom. The molecule has 0 spiro atoms. The van der Waals surface area contributed by atoms with Gasteiger partial charge in [0, 0.05) is 0 Å². The summed E-state index contributed by atoms with van der Waals surface area (Å²) in [5.41, 5.74) is 6.96. The van der Waals surface area contributed by atoms with E-state index in [4.69, 9.17) is 22.0 Å². The van der Waals surface area contributed by atoms with Gasteiger partial charge in [-0.25, -0.2) is 9.97 Å². The quantitative estimate of drug-likeness (QED) is 0.487. The number of fused-ring (bicyclic) bond motifs is 1. The molecular formula is C13H15N5O4. The molecule has 3 heterocycles. The number of aliphatic hydroxyl groups excluding tert-OH is 3. The van der Waals surface area contributed by atoms with Gasteiger partial charge in [0.25, 0.3) is 0 Å². The highest BCUT2D eigenvalue weighted by Gasteiger charge is 2.44. The van der Waals surface area contributed by atoms with Gasteiger partial charge in [-0.2, -0.15) is 4.98 Å². The van der Waals surface area contributed by atoms with Crippen molar-refractivity contribution in [3.63, 3.8) is 0 Å². The minimum Gasteiger partial charge on any atom is -0.394 e. The maximum atomic E-state index is 10.1. The molecule has 0 bridgehead atoms. The fraction of sp³-hybridized carbons (Fsp3) is 0.462. The highest BCUT2D eigenvalue weighted by atomic mass is 16.6. The van der Waals surface area contributed by atoms with E-state index in [1.165, 1.54) is 10.9 Å². The Labute approximate surface area is 125 Å². The molecule has 1 saturated heterocycles. The molecule has 3 rings (SSSR count). The van der Waals surface area contributed by atoms with Gasteiger partial charge in [-0.3, -0.25) is 4.57 Å². The molecule has 9 heteroatoms. The van der Waals surface area contributed by atoms with E-state index in [-0.39, 0.29) is 12.4 Å². The van der Waals surface area contributed by atoms with E-state index in [9.17, 15) is 10.2 Å². The molecule has 0 aliphatic carbocycles. The zero-order valence-corrected chi connectivity index (χ0v) is 11.5. The molecule has 0 amide bonds. The van der Waals surface area contributed by atoms with Crippen LogP contribution < -0.4 is 5.73 Å². The Morgan fingerprint density at radius 1 is 1.36 bits per heavy atom. The van der Waals surface area contributed by atoms with Crippen LogP contribution in [0.1, 0.15) is 11.9 Å². The van der Waals surface area contributed by atoms with E-state index in [1.54, 1.807) is 0 Å². The largest absolute Gasteiger partial charge is 0.394 e. The monoisotopic (exact) mass is 305 g/mol. The van der Waals surface area contributed by atoms with Gasteiger partial charge in [0.05, 0.1) is 25.0 Å². The summed E-state index contributed by atoms with van der Waals surface area (Å²) in [5, 5.41) is 29.1. The number of terminal acetylenes is 1. The predicted molar refractivity (Wildman–Crippen MR) is 75.3 cm³/mol. The SMILES string of the molecule is C#CCc1nc(N)nc2c1ncn2[C@@H]1O[C@H](CO)[C@@H](O)[C@H]1O. The van der Waals surface area contributed by atoms with Crippen molar-refractivity contribution in [2.24, 2.45) is 0 Å². The number of nitrogen functional groups attached to an aromatic ring is 1. The minimum absolute atomic E-state index is 0.0197. The van der Waals surface area contributed by atoms with Crippen LogP contribution in [0.5, 0.6) is 0 Å². The summed E-state index contributed by atoms with van der Waals surface area (Å²) in [6, 6.07) is 0. The Morgan fingerprint density at radius 2 is 2.14 bits per heavy atom. The van der Waals surface area contributed by atoms with E-state index >= 15 is 0 Å². The maximum absolute atomic E-state index is 10.1. The summed E-state index contributed by atoms with van der Waals surface area (Å²) in [5.74, 6) is 2.49. The molecule has 2 aromatic heterocycles. The van der Waals surface area contributed by atoms with Crippen LogP contribution >= 0.6 is 0 Å². The van der Waals surface area contributed by atoms with Crippen molar-refractivity contribution < 1.29 is 20.1 Å². The van der Waals surface area contributed by atoms with Crippen LogP contribution in [0.25, 0.3) is 11.2 Å². The topological polar surface area (TPSA) is 140 Å². The molecule has 4 atom stereocenters. The summed E-state index contributed by atoms with van der Waals surface area (Å²) in [6.45, 7) is -0.416. The van der Waals surface area contributed by atoms with Crippen LogP contribution in [0.2, 0.25) is 0 Å². The Kier molecular flexibility index (Phi) is 3.67. The van der Waals surface area contributed by atoms with Crippen LogP contribution in [0.3, 0.4) is 0 Å². The average molecular weight is 305 g/mol. The van der Waals surface area contributed by atoms with Crippen LogP contribution in [0, 0.1) is 12.3 Å². The predicted octanol–water partition coefficient (Wildman–Crippen LogP) is -1.80. The van der Waals surface area contributed by atoms with Gasteiger partial charge < -0.3 is 25.8 Å². The van der Waals surface area contributed by atoms with Gasteiger partial charge in [-0.15, -0.1) is 12.3 Å². The van der Waals surface area contributed by atoms with E-state index in [1.807, 2.05) is 0 Å². The van der Waals surface area contributed by atoms with E-state index in [0.29, 0.717) is 16.9 Å². The lowest BCUT2D eigenvalue weighted by Gasteiger charge is -2.16. The highest BCUT2D eigenvalue weighted by Crippen LogP contribution is 2.31. The molecule has 22 heavy (non-hydrogen) atoms. The second-order valence-electron chi connectivity index (χ2n) is 4.96. The van der Waals surface area contributed by atoms with Crippen molar-refractivity contribution in [1.29, 1.82) is 0 Å². The van der Waals surface area contributed by atoms with Gasteiger partial charge in [0.15, 0.2) is 11.9 Å². The third kappa shape index (κ3) is 2.18. The number of anilines is 1. The molecule has 2 aromatic rings. The van der Waals surface area contributed by atoms with E-state index < -0.39 is 31.1 Å². The van der Waals surface area contributed by atoms with Crippen molar-refractivity contribution in [2.45, 2.75) is 31.0 Å². The molecule has 1 aliphatic rings. The van der Waals surface area contributed by atoms with Crippen molar-refractivity contribution in [1.82, 2.24) is 19.5 Å². The first-order chi connectivity index (χ1) is 10.6. The average Bonchev–Trinajstić information content (AvgIpc) is 3.02. The first-order valence-corrected chi connectivity index (χ1v) is 6.61. The fourth-order valence-corrected chi connectivity index (χ4v) is 2.51. The summed E-state index contributed by atoms with van der Waals surface area (Å²) < 4.78 is 6.90. The summed E-state index contributed by atoms with van der Waals surface area (Å²) in [7, 11) is 0. The molecular weight excluding hydrogens is 290 g/mol. The summed E-state index contributed by atoms with van der Waals surface area (Å²) in [4.78, 5) is 12.3. The number of ether oxygens (including phenoxy) is 1. The molecule has 1 aliphatic heterocycles. The van der Waals surface area contributed by atoms with Crippen molar-refractivity contribution in [3.05, 3.63) is 12.0 Å². The number of hydrogen-bond donors (Lipinski definition) is 4. The van der Waals surface area contributed by atoms with Gasteiger partial charge in [0.1, 0.15) is 23.8 Å². The molecule has 0 saturated carbocycles. The summed E-state index contributed by atoms with van der Waals surface area (Å²) in [6.07, 6.45) is 2.66. The van der Waals surface area contributed by atoms with Gasteiger partial charge in [-0.1, -0.05) is 0 Å². The normalized spacial score (nSPS) is 28.1. The molecule has 9 nitrogen and oxygen atoms in total. The zero-order chi connectivity index (χ0) is 15.9. The van der Waals surface area contributed by atoms with Crippen LogP contribution in [0.15, 0.2) is 6.33 Å². The Hall–Kier alpha value is -2.25. The third-order valence-electron chi connectivity index (χ3n) is 3.57. The summed E-state index contributed by atoms with van der Waals surface area (Å²) >= 11 is 0. The number of nitrogens with zero attached hydrogens (tertiary/aromatic N) is 4. The van der Waals surface area contributed by atoms with Crippen molar-refractivity contribution in [2.75, 3.05) is 12.3 Å². The number of aromatic nitrogens is 4. The van der Waals surface area contributed by atoms with E-state index in [2.05, 4.69) is 20.9 Å². The number of hydrogen-bond acceptors (Lipinski definition) is 8. The maximum Gasteiger partial charge on any atom is 0.222 e. The van der Waals surface area contributed by atoms with Gasteiger partial charge >= 0.3 is 0 Å². The first kappa shape index (κ1) is 14.7. The fourth-order valence-electron chi connectivity index (χ4n) is 2.51. The third-order valence-corrected chi connectivity index (χ3v) is 3.57. The standard InChI is InChI=1S/C13H15N5O4/c1-2-3-6-8-11(17-13(14)16-6)18(5-15-8)12-10(21)9(20)7(4-19)22-12/h1,5,7,9-10,12,19-21H,3-4H2,(H2,14,16,17)/t7-,9-,10-,12-/m1/s1. The Bertz CT molecular complexity index is 740. The van der Waals surface area contributed by atoms with Crippen LogP contribution in [0.4, 0.5) is 5.95 Å². The lowest BCUT2D eigenvalue weighted by molar-refractivity contribution is -0.0511. The van der Waals surface area contributed by atoms with E-state index in [0.717, 1.165) is 0 Å². The van der Waals surface area contributed by atoms with Gasteiger partial charge in [-0.05, 0) is 0 Å². The molecule has 0 aromatic carbocycles. The highest BCUT2D eigenvalue weighted by molar-refractivity contribution is 5.75. The second kappa shape index (κ2) is 5.51. The molecule has 5 N–H and O–H groups in total. The molecule has 116 valence electrons. The molecule has 0 unspecified atom stereocenters. The zero-order valence-electron chi connectivity index (χ0n) is 11.5. The van der Waals surface area contributed by atoms with Crippen LogP contribution in [-0.2, 0) is 11.2 Å². The van der Waals surface area contributed by atoms with Crippen molar-refractivity contribution in [3.8, 4) is 12.3 Å². The van der Waals surface area contributed by atoms with Crippen molar-refractivity contribution >= 4 is 17.1 Å². The number of rotatable bonds is 3. The number of aliphatic hydroxyl groups is 3. The molecule has 1 fully saturated rings. The van der Waals surface area contributed by atoms with Gasteiger partial charge in [0.2, 0.25) is 5.95 Å². The minimum atomic E-state index is -1.23. The first-order valence-electron chi connectivity index (χ1n) is 6.61. The number of imidazole rings is 1. The smallest absolute Gasteiger partial charge is 0.222 e. The number of nitrogens with two attached hydrogens (primary N) is 1. The molecule has 0 radical (unpaired) electrons.